The molecule has 2 aromatic rings. The Morgan fingerprint density at radius 3 is 2.53 bits per heavy atom. The number of carbonyl (C=O) groups excluding carboxylic acids is 1. The summed E-state index contributed by atoms with van der Waals surface area (Å²) in [5.41, 5.74) is 3.53. The quantitative estimate of drug-likeness (QED) is 0.374. The van der Waals surface area contributed by atoms with Gasteiger partial charge in [-0.15, -0.1) is 0 Å². The highest BCUT2D eigenvalue weighted by Crippen LogP contribution is 2.23. The summed E-state index contributed by atoms with van der Waals surface area (Å²) in [5, 5.41) is 10.7. The van der Waals surface area contributed by atoms with Crippen LogP contribution in [0.25, 0.3) is 0 Å². The maximum atomic E-state index is 12.5. The maximum absolute atomic E-state index is 12.5. The number of aromatic nitrogens is 1. The molecule has 7 nitrogen and oxygen atoms in total. The zero-order chi connectivity index (χ0) is 21.3. The predicted octanol–water partition coefficient (Wildman–Crippen LogP) is 3.57. The lowest BCUT2D eigenvalue weighted by molar-refractivity contribution is -0.131. The summed E-state index contributed by atoms with van der Waals surface area (Å²) in [6.45, 7) is 6.99. The maximum Gasteiger partial charge on any atom is 0.223 e. The average Bonchev–Trinajstić information content (AvgIpc) is 3.41. The standard InChI is InChI=1S/C23H33N5O2/c1-4-17(5-2)21-13-20(30-27-21)14-26-23(24-3)25-12-8-11-22(29)28-15-18-9-6-7-10-19(18)16-28/h6-7,9-10,13,17H,4-5,8,11-12,14-16H2,1-3H3,(H2,24,25,26). The van der Waals surface area contributed by atoms with E-state index >= 15 is 0 Å². The molecule has 30 heavy (non-hydrogen) atoms. The van der Waals surface area contributed by atoms with Gasteiger partial charge in [-0.25, -0.2) is 0 Å². The second kappa shape index (κ2) is 10.8. The van der Waals surface area contributed by atoms with Gasteiger partial charge in [-0.2, -0.15) is 0 Å². The molecule has 0 saturated heterocycles. The van der Waals surface area contributed by atoms with Crippen molar-refractivity contribution in [2.24, 2.45) is 4.99 Å². The Bertz CT molecular complexity index is 832. The SMILES string of the molecule is CCC(CC)c1cc(CNC(=NC)NCCCC(=O)N2Cc3ccccc3C2)on1. The first-order valence-corrected chi connectivity index (χ1v) is 10.9. The first-order valence-electron chi connectivity index (χ1n) is 10.9. The fraction of sp³-hybridized carbons (Fsp3) is 0.522. The van der Waals surface area contributed by atoms with Gasteiger partial charge in [0.15, 0.2) is 11.7 Å². The number of nitrogens with zero attached hydrogens (tertiary/aromatic N) is 3. The third-order valence-corrected chi connectivity index (χ3v) is 5.69. The van der Waals surface area contributed by atoms with Gasteiger partial charge in [0.2, 0.25) is 5.91 Å². The van der Waals surface area contributed by atoms with Crippen LogP contribution in [0.1, 0.15) is 68.0 Å². The minimum atomic E-state index is 0.200. The Morgan fingerprint density at radius 2 is 1.90 bits per heavy atom. The summed E-state index contributed by atoms with van der Waals surface area (Å²) in [6, 6.07) is 10.3. The molecule has 0 saturated carbocycles. The molecule has 1 amide bonds. The van der Waals surface area contributed by atoms with E-state index in [1.54, 1.807) is 7.05 Å². The number of hydrogen-bond donors (Lipinski definition) is 2. The second-order valence-electron chi connectivity index (χ2n) is 7.71. The Morgan fingerprint density at radius 1 is 1.20 bits per heavy atom. The van der Waals surface area contributed by atoms with Crippen LogP contribution in [0.3, 0.4) is 0 Å². The molecule has 2 heterocycles. The van der Waals surface area contributed by atoms with E-state index in [4.69, 9.17) is 4.52 Å². The molecule has 1 aromatic heterocycles. The van der Waals surface area contributed by atoms with Gasteiger partial charge in [-0.1, -0.05) is 43.3 Å². The van der Waals surface area contributed by atoms with Crippen molar-refractivity contribution >= 4 is 11.9 Å². The molecule has 162 valence electrons. The van der Waals surface area contributed by atoms with Crippen LogP contribution < -0.4 is 10.6 Å². The van der Waals surface area contributed by atoms with Gasteiger partial charge in [0.1, 0.15) is 0 Å². The number of hydrogen-bond acceptors (Lipinski definition) is 4. The molecule has 1 aliphatic rings. The minimum absolute atomic E-state index is 0.200. The zero-order valence-corrected chi connectivity index (χ0v) is 18.3. The lowest BCUT2D eigenvalue weighted by Gasteiger charge is -2.16. The van der Waals surface area contributed by atoms with Gasteiger partial charge in [0.05, 0.1) is 12.2 Å². The van der Waals surface area contributed by atoms with Crippen LogP contribution in [0.15, 0.2) is 39.8 Å². The largest absolute Gasteiger partial charge is 0.359 e. The Labute approximate surface area is 178 Å². The monoisotopic (exact) mass is 411 g/mol. The van der Waals surface area contributed by atoms with Gasteiger partial charge in [-0.3, -0.25) is 9.79 Å². The van der Waals surface area contributed by atoms with Crippen LogP contribution in [-0.4, -0.2) is 35.5 Å². The molecule has 0 spiro atoms. The van der Waals surface area contributed by atoms with E-state index in [0.717, 1.165) is 43.8 Å². The smallest absolute Gasteiger partial charge is 0.223 e. The van der Waals surface area contributed by atoms with E-state index in [2.05, 4.69) is 46.8 Å². The summed E-state index contributed by atoms with van der Waals surface area (Å²) in [6.07, 6.45) is 3.40. The number of benzene rings is 1. The lowest BCUT2D eigenvalue weighted by atomic mass is 9.99. The number of fused-ring (bicyclic) bond motifs is 1. The van der Waals surface area contributed by atoms with Crippen LogP contribution >= 0.6 is 0 Å². The van der Waals surface area contributed by atoms with Crippen molar-refractivity contribution in [2.45, 2.75) is 65.1 Å². The molecular formula is C23H33N5O2. The number of guanidine groups is 1. The molecule has 0 aliphatic carbocycles. The number of rotatable bonds is 9. The van der Waals surface area contributed by atoms with Crippen molar-refractivity contribution < 1.29 is 9.32 Å². The van der Waals surface area contributed by atoms with Crippen molar-refractivity contribution in [1.29, 1.82) is 0 Å². The summed E-state index contributed by atoms with van der Waals surface area (Å²) < 4.78 is 5.44. The first-order chi connectivity index (χ1) is 14.6. The normalized spacial score (nSPS) is 13.6. The highest BCUT2D eigenvalue weighted by atomic mass is 16.5. The highest BCUT2D eigenvalue weighted by molar-refractivity contribution is 5.80. The van der Waals surface area contributed by atoms with Crippen molar-refractivity contribution in [2.75, 3.05) is 13.6 Å². The van der Waals surface area contributed by atoms with E-state index in [1.807, 2.05) is 23.1 Å². The summed E-state index contributed by atoms with van der Waals surface area (Å²) >= 11 is 0. The molecule has 7 heteroatoms. The van der Waals surface area contributed by atoms with Gasteiger partial charge >= 0.3 is 0 Å². The average molecular weight is 412 g/mol. The van der Waals surface area contributed by atoms with Crippen LogP contribution in [0.4, 0.5) is 0 Å². The summed E-state index contributed by atoms with van der Waals surface area (Å²) in [5.74, 6) is 2.13. The van der Waals surface area contributed by atoms with Crippen LogP contribution in [0, 0.1) is 0 Å². The first kappa shape index (κ1) is 21.9. The fourth-order valence-corrected chi connectivity index (χ4v) is 3.82. The Kier molecular flexibility index (Phi) is 7.88. The molecule has 0 fully saturated rings. The molecule has 0 atom stereocenters. The predicted molar refractivity (Wildman–Crippen MR) is 118 cm³/mol. The number of aliphatic imine (C=N–C) groups is 1. The van der Waals surface area contributed by atoms with Crippen molar-refractivity contribution in [3.8, 4) is 0 Å². The molecule has 1 aromatic carbocycles. The van der Waals surface area contributed by atoms with E-state index in [-0.39, 0.29) is 5.91 Å². The van der Waals surface area contributed by atoms with Crippen LogP contribution in [0.2, 0.25) is 0 Å². The number of nitrogens with one attached hydrogen (secondary N) is 2. The van der Waals surface area contributed by atoms with Crippen molar-refractivity contribution in [3.05, 3.63) is 52.9 Å². The molecule has 1 aliphatic heterocycles. The van der Waals surface area contributed by atoms with Gasteiger partial charge < -0.3 is 20.1 Å². The molecular weight excluding hydrogens is 378 g/mol. The van der Waals surface area contributed by atoms with Gasteiger partial charge in [-0.05, 0) is 30.4 Å². The molecule has 3 rings (SSSR count). The van der Waals surface area contributed by atoms with E-state index in [0.29, 0.717) is 31.4 Å². The molecule has 0 radical (unpaired) electrons. The fourth-order valence-electron chi connectivity index (χ4n) is 3.82. The Hall–Kier alpha value is -2.83. The van der Waals surface area contributed by atoms with E-state index in [9.17, 15) is 4.79 Å². The molecule has 2 N–H and O–H groups in total. The van der Waals surface area contributed by atoms with Gasteiger partial charge in [0.25, 0.3) is 0 Å². The summed E-state index contributed by atoms with van der Waals surface area (Å²) in [4.78, 5) is 18.6. The minimum Gasteiger partial charge on any atom is -0.359 e. The van der Waals surface area contributed by atoms with Crippen molar-refractivity contribution in [1.82, 2.24) is 20.7 Å². The molecule has 0 unspecified atom stereocenters. The lowest BCUT2D eigenvalue weighted by Crippen LogP contribution is -2.37. The molecule has 0 bridgehead atoms. The number of amides is 1. The number of carbonyl (C=O) groups is 1. The summed E-state index contributed by atoms with van der Waals surface area (Å²) in [7, 11) is 1.73. The van der Waals surface area contributed by atoms with Crippen LogP contribution in [-0.2, 0) is 24.4 Å². The third-order valence-electron chi connectivity index (χ3n) is 5.69. The Balaban J connectivity index is 1.35. The van der Waals surface area contributed by atoms with E-state index < -0.39 is 0 Å². The highest BCUT2D eigenvalue weighted by Gasteiger charge is 2.22. The second-order valence-corrected chi connectivity index (χ2v) is 7.71. The topological polar surface area (TPSA) is 82.8 Å². The van der Waals surface area contributed by atoms with E-state index in [1.165, 1.54) is 11.1 Å². The van der Waals surface area contributed by atoms with Gasteiger partial charge in [0, 0.05) is 45.1 Å². The zero-order valence-electron chi connectivity index (χ0n) is 18.3. The third kappa shape index (κ3) is 5.62. The van der Waals surface area contributed by atoms with Crippen molar-refractivity contribution in [3.63, 3.8) is 0 Å². The van der Waals surface area contributed by atoms with Crippen LogP contribution in [0.5, 0.6) is 0 Å².